The number of rotatable bonds is 3. The Bertz CT molecular complexity index is 484. The fourth-order valence-corrected chi connectivity index (χ4v) is 2.29. The van der Waals surface area contributed by atoms with E-state index in [-0.39, 0.29) is 11.0 Å². The van der Waals surface area contributed by atoms with E-state index in [1.165, 1.54) is 16.2 Å². The number of carbonyl (C=O) groups excluding carboxylic acids is 1. The SMILES string of the molecule is CCc1ccc(C(=O)c2ccc(Cl)o2)s1. The van der Waals surface area contributed by atoms with E-state index in [4.69, 9.17) is 16.0 Å². The first-order valence-electron chi connectivity index (χ1n) is 4.59. The van der Waals surface area contributed by atoms with E-state index < -0.39 is 0 Å². The molecular formula is C11H9ClO2S. The maximum Gasteiger partial charge on any atom is 0.238 e. The molecule has 0 aliphatic heterocycles. The molecule has 0 bridgehead atoms. The number of thiophene rings is 1. The van der Waals surface area contributed by atoms with Crippen LogP contribution in [0.4, 0.5) is 0 Å². The van der Waals surface area contributed by atoms with Gasteiger partial charge < -0.3 is 4.42 Å². The highest BCUT2D eigenvalue weighted by molar-refractivity contribution is 7.14. The average molecular weight is 241 g/mol. The van der Waals surface area contributed by atoms with Crippen LogP contribution in [0.25, 0.3) is 0 Å². The van der Waals surface area contributed by atoms with Gasteiger partial charge in [-0.1, -0.05) is 6.92 Å². The second-order valence-corrected chi connectivity index (χ2v) is 4.59. The van der Waals surface area contributed by atoms with Gasteiger partial charge in [0.2, 0.25) is 5.78 Å². The highest BCUT2D eigenvalue weighted by atomic mass is 35.5. The molecule has 15 heavy (non-hydrogen) atoms. The summed E-state index contributed by atoms with van der Waals surface area (Å²) in [5.41, 5.74) is 0. The first-order chi connectivity index (χ1) is 7.20. The minimum Gasteiger partial charge on any atom is -0.441 e. The van der Waals surface area contributed by atoms with Crippen molar-refractivity contribution in [3.8, 4) is 0 Å². The third kappa shape index (κ3) is 2.13. The Kier molecular flexibility index (Phi) is 2.93. The molecule has 78 valence electrons. The van der Waals surface area contributed by atoms with Gasteiger partial charge >= 0.3 is 0 Å². The van der Waals surface area contributed by atoms with Crippen LogP contribution < -0.4 is 0 Å². The van der Waals surface area contributed by atoms with Crippen molar-refractivity contribution in [2.45, 2.75) is 13.3 Å². The monoisotopic (exact) mass is 240 g/mol. The molecule has 0 aromatic carbocycles. The van der Waals surface area contributed by atoms with Crippen molar-refractivity contribution in [1.29, 1.82) is 0 Å². The Labute approximate surface area is 96.5 Å². The highest BCUT2D eigenvalue weighted by Crippen LogP contribution is 2.22. The van der Waals surface area contributed by atoms with Crippen molar-refractivity contribution in [3.63, 3.8) is 0 Å². The molecule has 2 rings (SSSR count). The van der Waals surface area contributed by atoms with Gasteiger partial charge in [-0.15, -0.1) is 11.3 Å². The number of carbonyl (C=O) groups is 1. The van der Waals surface area contributed by atoms with Crippen LogP contribution >= 0.6 is 22.9 Å². The van der Waals surface area contributed by atoms with Gasteiger partial charge in [0.05, 0.1) is 4.88 Å². The highest BCUT2D eigenvalue weighted by Gasteiger charge is 2.15. The topological polar surface area (TPSA) is 30.2 Å². The normalized spacial score (nSPS) is 10.5. The first-order valence-corrected chi connectivity index (χ1v) is 5.79. The number of furan rings is 1. The minimum absolute atomic E-state index is 0.105. The molecule has 0 amide bonds. The molecule has 2 aromatic rings. The van der Waals surface area contributed by atoms with Crippen LogP contribution in [0.5, 0.6) is 0 Å². The summed E-state index contributed by atoms with van der Waals surface area (Å²) in [6, 6.07) is 6.95. The van der Waals surface area contributed by atoms with Crippen molar-refractivity contribution in [3.05, 3.63) is 45.0 Å². The Morgan fingerprint density at radius 3 is 2.73 bits per heavy atom. The standard InChI is InChI=1S/C11H9ClO2S/c1-2-7-3-5-9(15-7)11(13)8-4-6-10(12)14-8/h3-6H,2H2,1H3. The van der Waals surface area contributed by atoms with E-state index in [9.17, 15) is 4.79 Å². The molecule has 0 saturated heterocycles. The molecular weight excluding hydrogens is 232 g/mol. The van der Waals surface area contributed by atoms with Crippen molar-refractivity contribution in [2.75, 3.05) is 0 Å². The van der Waals surface area contributed by atoms with Gasteiger partial charge in [-0.3, -0.25) is 4.79 Å². The lowest BCUT2D eigenvalue weighted by atomic mass is 10.2. The van der Waals surface area contributed by atoms with Gasteiger partial charge in [0.25, 0.3) is 0 Å². The maximum atomic E-state index is 11.8. The van der Waals surface area contributed by atoms with E-state index in [2.05, 4.69) is 6.92 Å². The molecule has 0 unspecified atom stereocenters. The Hall–Kier alpha value is -1.06. The van der Waals surface area contributed by atoms with Crippen LogP contribution in [0.1, 0.15) is 27.2 Å². The van der Waals surface area contributed by atoms with Crippen molar-refractivity contribution < 1.29 is 9.21 Å². The zero-order chi connectivity index (χ0) is 10.8. The summed E-state index contributed by atoms with van der Waals surface area (Å²) in [6.07, 6.45) is 0.941. The van der Waals surface area contributed by atoms with Crippen LogP contribution in [0.15, 0.2) is 28.7 Å². The quantitative estimate of drug-likeness (QED) is 0.764. The molecule has 0 N–H and O–H groups in total. The van der Waals surface area contributed by atoms with Gasteiger partial charge in [0.15, 0.2) is 11.0 Å². The summed E-state index contributed by atoms with van der Waals surface area (Å²) in [6.45, 7) is 2.06. The van der Waals surface area contributed by atoms with Gasteiger partial charge in [-0.05, 0) is 42.3 Å². The van der Waals surface area contributed by atoms with Gasteiger partial charge in [0, 0.05) is 4.88 Å². The Morgan fingerprint density at radius 2 is 2.20 bits per heavy atom. The molecule has 0 aliphatic carbocycles. The summed E-state index contributed by atoms with van der Waals surface area (Å²) in [7, 11) is 0. The average Bonchev–Trinajstić information content (AvgIpc) is 2.84. The molecule has 0 atom stereocenters. The van der Waals surface area contributed by atoms with Crippen LogP contribution in [0, 0.1) is 0 Å². The largest absolute Gasteiger partial charge is 0.441 e. The fourth-order valence-electron chi connectivity index (χ4n) is 1.25. The van der Waals surface area contributed by atoms with E-state index >= 15 is 0 Å². The van der Waals surface area contributed by atoms with Crippen molar-refractivity contribution in [2.24, 2.45) is 0 Å². The second-order valence-electron chi connectivity index (χ2n) is 3.05. The fraction of sp³-hybridized carbons (Fsp3) is 0.182. The van der Waals surface area contributed by atoms with Crippen LogP contribution in [0.3, 0.4) is 0 Å². The Balaban J connectivity index is 2.28. The summed E-state index contributed by atoms with van der Waals surface area (Å²) in [4.78, 5) is 13.7. The lowest BCUT2D eigenvalue weighted by Gasteiger charge is -1.91. The number of halogens is 1. The van der Waals surface area contributed by atoms with E-state index in [1.54, 1.807) is 12.1 Å². The first kappa shape index (κ1) is 10.5. The predicted octanol–water partition coefficient (Wildman–Crippen LogP) is 3.79. The number of hydrogen-bond acceptors (Lipinski definition) is 3. The van der Waals surface area contributed by atoms with Crippen molar-refractivity contribution in [1.82, 2.24) is 0 Å². The molecule has 0 radical (unpaired) electrons. The summed E-state index contributed by atoms with van der Waals surface area (Å²) in [5, 5.41) is 0.241. The van der Waals surface area contributed by atoms with Crippen LogP contribution in [0.2, 0.25) is 5.22 Å². The van der Waals surface area contributed by atoms with Gasteiger partial charge in [-0.25, -0.2) is 0 Å². The maximum absolute atomic E-state index is 11.8. The molecule has 2 heterocycles. The molecule has 2 aromatic heterocycles. The van der Waals surface area contributed by atoms with Crippen molar-refractivity contribution >= 4 is 28.7 Å². The molecule has 0 fully saturated rings. The van der Waals surface area contributed by atoms with Gasteiger partial charge in [-0.2, -0.15) is 0 Å². The third-order valence-electron chi connectivity index (χ3n) is 2.03. The molecule has 0 saturated carbocycles. The lowest BCUT2D eigenvalue weighted by Crippen LogP contribution is -1.95. The predicted molar refractivity (Wildman–Crippen MR) is 60.8 cm³/mol. The van der Waals surface area contributed by atoms with E-state index in [0.29, 0.717) is 10.6 Å². The van der Waals surface area contributed by atoms with Gasteiger partial charge in [0.1, 0.15) is 0 Å². The molecule has 4 heteroatoms. The molecule has 0 aliphatic rings. The van der Waals surface area contributed by atoms with E-state index in [1.807, 2.05) is 12.1 Å². The summed E-state index contributed by atoms with van der Waals surface area (Å²) in [5.74, 6) is 0.191. The summed E-state index contributed by atoms with van der Waals surface area (Å²) >= 11 is 7.10. The second kappa shape index (κ2) is 4.21. The number of ketones is 1. The van der Waals surface area contributed by atoms with E-state index in [0.717, 1.165) is 6.42 Å². The molecule has 0 spiro atoms. The summed E-state index contributed by atoms with van der Waals surface area (Å²) < 4.78 is 5.07. The number of hydrogen-bond donors (Lipinski definition) is 0. The lowest BCUT2D eigenvalue weighted by molar-refractivity contribution is 0.101. The molecule has 2 nitrogen and oxygen atoms in total. The zero-order valence-corrected chi connectivity index (χ0v) is 9.69. The number of aryl methyl sites for hydroxylation is 1. The van der Waals surface area contributed by atoms with Crippen LogP contribution in [-0.2, 0) is 6.42 Å². The Morgan fingerprint density at radius 1 is 1.40 bits per heavy atom. The third-order valence-corrected chi connectivity index (χ3v) is 3.46. The smallest absolute Gasteiger partial charge is 0.238 e. The zero-order valence-electron chi connectivity index (χ0n) is 8.12. The van der Waals surface area contributed by atoms with Crippen LogP contribution in [-0.4, -0.2) is 5.78 Å². The minimum atomic E-state index is -0.105.